The summed E-state index contributed by atoms with van der Waals surface area (Å²) in [6.45, 7) is 5.19. The van der Waals surface area contributed by atoms with Gasteiger partial charge in [0, 0.05) is 10.7 Å². The molecule has 0 aliphatic heterocycles. The highest BCUT2D eigenvalue weighted by molar-refractivity contribution is 6.30. The van der Waals surface area contributed by atoms with Crippen molar-refractivity contribution in [1.82, 2.24) is 0 Å². The predicted molar refractivity (Wildman–Crippen MR) is 68.9 cm³/mol. The van der Waals surface area contributed by atoms with E-state index in [1.165, 1.54) is 0 Å². The lowest BCUT2D eigenvalue weighted by Gasteiger charge is -1.98. The van der Waals surface area contributed by atoms with Crippen molar-refractivity contribution < 1.29 is 14.6 Å². The lowest BCUT2D eigenvalue weighted by atomic mass is 10.3. The third-order valence-electron chi connectivity index (χ3n) is 1.52. The van der Waals surface area contributed by atoms with Gasteiger partial charge in [-0.3, -0.25) is 0 Å². The zero-order valence-electron chi connectivity index (χ0n) is 9.65. The minimum atomic E-state index is -0.739. The van der Waals surface area contributed by atoms with Crippen LogP contribution in [0.2, 0.25) is 5.02 Å². The fourth-order valence-electron chi connectivity index (χ4n) is 0.785. The van der Waals surface area contributed by atoms with Crippen molar-refractivity contribution in [3.05, 3.63) is 41.6 Å². The summed E-state index contributed by atoms with van der Waals surface area (Å²) in [6.07, 6.45) is 0.749. The number of carbonyl (C=O) groups is 1. The van der Waals surface area contributed by atoms with Crippen LogP contribution < -0.4 is 5.73 Å². The normalized spacial score (nSPS) is 8.82. The highest BCUT2D eigenvalue weighted by Crippen LogP contribution is 2.10. The van der Waals surface area contributed by atoms with E-state index in [-0.39, 0.29) is 0 Å². The summed E-state index contributed by atoms with van der Waals surface area (Å²) in [6, 6.07) is 7.11. The Morgan fingerprint density at radius 1 is 1.59 bits per heavy atom. The van der Waals surface area contributed by atoms with Crippen LogP contribution >= 0.6 is 11.6 Å². The average molecular weight is 258 g/mol. The van der Waals surface area contributed by atoms with Gasteiger partial charge in [0.15, 0.2) is 5.76 Å². The molecule has 0 aromatic heterocycles. The molecule has 17 heavy (non-hydrogen) atoms. The van der Waals surface area contributed by atoms with Crippen LogP contribution in [0, 0.1) is 0 Å². The molecule has 1 rings (SSSR count). The van der Waals surface area contributed by atoms with Gasteiger partial charge in [-0.25, -0.2) is 4.79 Å². The predicted octanol–water partition coefficient (Wildman–Crippen LogP) is 2.93. The van der Waals surface area contributed by atoms with E-state index >= 15 is 0 Å². The zero-order chi connectivity index (χ0) is 13.3. The summed E-state index contributed by atoms with van der Waals surface area (Å²) in [5.41, 5.74) is 6.08. The topological polar surface area (TPSA) is 72.5 Å². The van der Waals surface area contributed by atoms with Crippen molar-refractivity contribution in [2.75, 3.05) is 12.3 Å². The van der Waals surface area contributed by atoms with Crippen molar-refractivity contribution in [2.45, 2.75) is 13.3 Å². The molecule has 0 fully saturated rings. The first-order valence-electron chi connectivity index (χ1n) is 5.03. The van der Waals surface area contributed by atoms with Gasteiger partial charge in [-0.2, -0.15) is 0 Å². The lowest BCUT2D eigenvalue weighted by molar-refractivity contribution is -0.141. The molecule has 0 aliphatic carbocycles. The van der Waals surface area contributed by atoms with E-state index < -0.39 is 11.7 Å². The van der Waals surface area contributed by atoms with Crippen LogP contribution in [-0.2, 0) is 9.53 Å². The number of hydrogen-bond acceptors (Lipinski definition) is 4. The SMILES string of the molecule is C=C(O)C(=O)OCCC.Nc1cccc(Cl)c1. The smallest absolute Gasteiger partial charge is 0.372 e. The van der Waals surface area contributed by atoms with Crippen molar-refractivity contribution in [3.8, 4) is 0 Å². The Hall–Kier alpha value is -1.68. The number of benzene rings is 1. The molecule has 0 spiro atoms. The molecule has 4 nitrogen and oxygen atoms in total. The number of aliphatic hydroxyl groups excluding tert-OH is 1. The summed E-state index contributed by atoms with van der Waals surface area (Å²) < 4.78 is 4.46. The van der Waals surface area contributed by atoms with Crippen LogP contribution in [0.5, 0.6) is 0 Å². The summed E-state index contributed by atoms with van der Waals surface area (Å²) in [4.78, 5) is 10.3. The second-order valence-corrected chi connectivity index (χ2v) is 3.57. The first-order chi connectivity index (χ1) is 7.97. The molecule has 0 amide bonds. The van der Waals surface area contributed by atoms with Gasteiger partial charge in [0.2, 0.25) is 0 Å². The second kappa shape index (κ2) is 8.47. The van der Waals surface area contributed by atoms with E-state index in [9.17, 15) is 4.79 Å². The van der Waals surface area contributed by atoms with Gasteiger partial charge in [0.25, 0.3) is 0 Å². The van der Waals surface area contributed by atoms with Crippen LogP contribution in [-0.4, -0.2) is 17.7 Å². The number of nitrogens with two attached hydrogens (primary N) is 1. The van der Waals surface area contributed by atoms with Crippen LogP contribution in [0.15, 0.2) is 36.6 Å². The Labute approximate surface area is 106 Å². The zero-order valence-corrected chi connectivity index (χ0v) is 10.4. The van der Waals surface area contributed by atoms with E-state index in [2.05, 4.69) is 11.3 Å². The minimum absolute atomic E-state index is 0.332. The highest BCUT2D eigenvalue weighted by Gasteiger charge is 2.02. The molecule has 3 N–H and O–H groups in total. The molecule has 1 aromatic rings. The molecule has 0 aliphatic rings. The Morgan fingerprint density at radius 3 is 2.59 bits per heavy atom. The minimum Gasteiger partial charge on any atom is -0.502 e. The number of anilines is 1. The fourth-order valence-corrected chi connectivity index (χ4v) is 0.983. The van der Waals surface area contributed by atoms with Crippen molar-refractivity contribution in [3.63, 3.8) is 0 Å². The quantitative estimate of drug-likeness (QED) is 0.378. The van der Waals surface area contributed by atoms with Crippen LogP contribution in [0.3, 0.4) is 0 Å². The van der Waals surface area contributed by atoms with Gasteiger partial charge >= 0.3 is 5.97 Å². The lowest BCUT2D eigenvalue weighted by Crippen LogP contribution is -2.06. The third kappa shape index (κ3) is 8.16. The number of esters is 1. The number of rotatable bonds is 3. The van der Waals surface area contributed by atoms with Crippen molar-refractivity contribution >= 4 is 23.3 Å². The van der Waals surface area contributed by atoms with Gasteiger partial charge in [-0.15, -0.1) is 0 Å². The first-order valence-corrected chi connectivity index (χ1v) is 5.41. The summed E-state index contributed by atoms with van der Waals surface area (Å²) in [7, 11) is 0. The number of ether oxygens (including phenoxy) is 1. The van der Waals surface area contributed by atoms with Crippen molar-refractivity contribution in [2.24, 2.45) is 0 Å². The number of carbonyl (C=O) groups excluding carboxylic acids is 1. The molecule has 0 atom stereocenters. The average Bonchev–Trinajstić information content (AvgIpc) is 2.26. The molecule has 1 aromatic carbocycles. The Morgan fingerprint density at radius 2 is 2.24 bits per heavy atom. The summed E-state index contributed by atoms with van der Waals surface area (Å²) in [5.74, 6) is -1.28. The van der Waals surface area contributed by atoms with Crippen LogP contribution in [0.4, 0.5) is 5.69 Å². The summed E-state index contributed by atoms with van der Waals surface area (Å²) in [5, 5.41) is 9.06. The van der Waals surface area contributed by atoms with E-state index in [4.69, 9.17) is 22.4 Å². The van der Waals surface area contributed by atoms with Gasteiger partial charge in [0.1, 0.15) is 0 Å². The van der Waals surface area contributed by atoms with Gasteiger partial charge < -0.3 is 15.6 Å². The number of nitrogen functional groups attached to an aromatic ring is 1. The Kier molecular flexibility index (Phi) is 7.63. The Balaban J connectivity index is 0.000000302. The summed E-state index contributed by atoms with van der Waals surface area (Å²) >= 11 is 5.56. The molecular weight excluding hydrogens is 242 g/mol. The molecular formula is C12H16ClNO3. The second-order valence-electron chi connectivity index (χ2n) is 3.14. The molecule has 0 saturated heterocycles. The molecule has 94 valence electrons. The molecule has 0 radical (unpaired) electrons. The standard InChI is InChI=1S/C6H6ClN.C6H10O3/c7-5-2-1-3-6(8)4-5;1-3-4-9-6(8)5(2)7/h1-4H,8H2;7H,2-4H2,1H3. The van der Waals surface area contributed by atoms with Gasteiger partial charge in [-0.1, -0.05) is 24.6 Å². The third-order valence-corrected chi connectivity index (χ3v) is 1.76. The number of hydrogen-bond donors (Lipinski definition) is 2. The monoisotopic (exact) mass is 257 g/mol. The van der Waals surface area contributed by atoms with E-state index in [1.807, 2.05) is 13.0 Å². The molecule has 0 bridgehead atoms. The van der Waals surface area contributed by atoms with Gasteiger partial charge in [0.05, 0.1) is 6.61 Å². The molecule has 0 saturated carbocycles. The molecule has 0 unspecified atom stereocenters. The van der Waals surface area contributed by atoms with Gasteiger partial charge in [-0.05, 0) is 31.2 Å². The number of aliphatic hydroxyl groups is 1. The largest absolute Gasteiger partial charge is 0.502 e. The maximum Gasteiger partial charge on any atom is 0.372 e. The van der Waals surface area contributed by atoms with Crippen LogP contribution in [0.1, 0.15) is 13.3 Å². The maximum absolute atomic E-state index is 10.3. The molecule has 5 heteroatoms. The fraction of sp³-hybridized carbons (Fsp3) is 0.250. The molecule has 0 heterocycles. The van der Waals surface area contributed by atoms with Crippen LogP contribution in [0.25, 0.3) is 0 Å². The maximum atomic E-state index is 10.3. The van der Waals surface area contributed by atoms with E-state index in [1.54, 1.807) is 18.2 Å². The van der Waals surface area contributed by atoms with E-state index in [0.717, 1.165) is 6.42 Å². The highest BCUT2D eigenvalue weighted by atomic mass is 35.5. The Bertz CT molecular complexity index is 363. The first kappa shape index (κ1) is 15.3. The van der Waals surface area contributed by atoms with Crippen molar-refractivity contribution in [1.29, 1.82) is 0 Å². The number of halogens is 1. The van der Waals surface area contributed by atoms with E-state index in [0.29, 0.717) is 17.3 Å².